The van der Waals surface area contributed by atoms with E-state index in [-0.39, 0.29) is 0 Å². The first-order valence-corrected chi connectivity index (χ1v) is 8.12. The number of thiazole rings is 1. The summed E-state index contributed by atoms with van der Waals surface area (Å²) in [4.78, 5) is 9.22. The fourth-order valence-electron chi connectivity index (χ4n) is 2.60. The van der Waals surface area contributed by atoms with Gasteiger partial charge in [0.05, 0.1) is 17.3 Å². The summed E-state index contributed by atoms with van der Waals surface area (Å²) in [6.45, 7) is 0. The number of ether oxygens (including phenoxy) is 1. The van der Waals surface area contributed by atoms with Crippen LogP contribution in [0.1, 0.15) is 5.56 Å². The molecule has 4 rings (SSSR count). The first kappa shape index (κ1) is 13.9. The summed E-state index contributed by atoms with van der Waals surface area (Å²) in [6.07, 6.45) is 1.80. The molecule has 0 fully saturated rings. The molecule has 0 amide bonds. The minimum Gasteiger partial charge on any atom is -0.496 e. The van der Waals surface area contributed by atoms with Crippen LogP contribution in [0.15, 0.2) is 65.7 Å². The summed E-state index contributed by atoms with van der Waals surface area (Å²) in [7, 11) is 1.66. The van der Waals surface area contributed by atoms with Gasteiger partial charge in [0.25, 0.3) is 0 Å². The van der Waals surface area contributed by atoms with E-state index in [2.05, 4.69) is 29.3 Å². The van der Waals surface area contributed by atoms with Crippen LogP contribution >= 0.6 is 11.3 Å². The molecule has 0 unspecified atom stereocenters. The Bertz CT molecular complexity index is 1020. The molecule has 3 aromatic carbocycles. The number of para-hydroxylation sites is 1. The molecule has 0 N–H and O–H groups in total. The van der Waals surface area contributed by atoms with Crippen LogP contribution in [0, 0.1) is 0 Å². The van der Waals surface area contributed by atoms with Crippen molar-refractivity contribution in [3.8, 4) is 5.75 Å². The topological polar surface area (TPSA) is 34.5 Å². The van der Waals surface area contributed by atoms with E-state index in [4.69, 9.17) is 9.72 Å². The van der Waals surface area contributed by atoms with Crippen molar-refractivity contribution in [1.29, 1.82) is 0 Å². The largest absolute Gasteiger partial charge is 0.496 e. The Morgan fingerprint density at radius 1 is 1.00 bits per heavy atom. The van der Waals surface area contributed by atoms with Crippen molar-refractivity contribution in [3.63, 3.8) is 0 Å². The number of rotatable bonds is 3. The molecule has 4 heteroatoms. The van der Waals surface area contributed by atoms with Gasteiger partial charge >= 0.3 is 0 Å². The van der Waals surface area contributed by atoms with E-state index in [0.29, 0.717) is 0 Å². The molecule has 112 valence electrons. The maximum atomic E-state index is 5.34. The molecule has 1 aromatic heterocycles. The van der Waals surface area contributed by atoms with Gasteiger partial charge in [-0.15, -0.1) is 0 Å². The molecule has 0 radical (unpaired) electrons. The van der Waals surface area contributed by atoms with Gasteiger partial charge in [0.1, 0.15) is 5.75 Å². The Hall–Kier alpha value is -2.72. The SMILES string of the molecule is COc1ccccc1/C=N/c1nc2c(ccc3ccccc32)s1. The number of hydrogen-bond acceptors (Lipinski definition) is 4. The quantitative estimate of drug-likeness (QED) is 0.486. The molecule has 4 aromatic rings. The fourth-order valence-corrected chi connectivity index (χ4v) is 3.43. The second-order valence-corrected chi connectivity index (χ2v) is 6.14. The van der Waals surface area contributed by atoms with Crippen molar-refractivity contribution < 1.29 is 4.74 Å². The number of fused-ring (bicyclic) bond motifs is 3. The highest BCUT2D eigenvalue weighted by molar-refractivity contribution is 7.22. The maximum Gasteiger partial charge on any atom is 0.210 e. The van der Waals surface area contributed by atoms with Gasteiger partial charge in [-0.05, 0) is 23.6 Å². The molecule has 0 saturated heterocycles. The summed E-state index contributed by atoms with van der Waals surface area (Å²) >= 11 is 1.59. The Morgan fingerprint density at radius 3 is 2.74 bits per heavy atom. The summed E-state index contributed by atoms with van der Waals surface area (Å²) < 4.78 is 6.49. The van der Waals surface area contributed by atoms with Crippen LogP contribution in [0.5, 0.6) is 5.75 Å². The summed E-state index contributed by atoms with van der Waals surface area (Å²) in [5, 5.41) is 3.12. The summed E-state index contributed by atoms with van der Waals surface area (Å²) in [6, 6.07) is 20.3. The lowest BCUT2D eigenvalue weighted by Crippen LogP contribution is -1.89. The molecule has 0 bridgehead atoms. The van der Waals surface area contributed by atoms with Crippen LogP contribution in [-0.4, -0.2) is 18.3 Å². The molecule has 0 aliphatic heterocycles. The van der Waals surface area contributed by atoms with E-state index in [1.165, 1.54) is 10.8 Å². The molecular formula is C19H14N2OS. The fraction of sp³-hybridized carbons (Fsp3) is 0.0526. The number of nitrogens with zero attached hydrogens (tertiary/aromatic N) is 2. The van der Waals surface area contributed by atoms with Crippen LogP contribution in [-0.2, 0) is 0 Å². The molecule has 0 aliphatic rings. The van der Waals surface area contributed by atoms with E-state index in [1.54, 1.807) is 24.7 Å². The van der Waals surface area contributed by atoms with Gasteiger partial charge in [-0.3, -0.25) is 0 Å². The van der Waals surface area contributed by atoms with Gasteiger partial charge < -0.3 is 4.74 Å². The molecule has 3 nitrogen and oxygen atoms in total. The summed E-state index contributed by atoms with van der Waals surface area (Å²) in [5.41, 5.74) is 1.96. The molecule has 1 heterocycles. The minimum atomic E-state index is 0.752. The zero-order valence-corrected chi connectivity index (χ0v) is 13.4. The molecule has 0 spiro atoms. The van der Waals surface area contributed by atoms with Crippen molar-refractivity contribution in [3.05, 3.63) is 66.2 Å². The average Bonchev–Trinajstić information content (AvgIpc) is 3.04. The van der Waals surface area contributed by atoms with E-state index < -0.39 is 0 Å². The number of benzene rings is 3. The maximum absolute atomic E-state index is 5.34. The second kappa shape index (κ2) is 5.82. The van der Waals surface area contributed by atoms with Crippen LogP contribution in [0.3, 0.4) is 0 Å². The highest BCUT2D eigenvalue weighted by atomic mass is 32.1. The molecule has 0 aliphatic carbocycles. The predicted octanol–water partition coefficient (Wildman–Crippen LogP) is 5.21. The third kappa shape index (κ3) is 2.58. The first-order valence-electron chi connectivity index (χ1n) is 7.30. The molecule has 0 atom stereocenters. The van der Waals surface area contributed by atoms with Crippen molar-refractivity contribution >= 4 is 43.7 Å². The van der Waals surface area contributed by atoms with Crippen molar-refractivity contribution in [2.24, 2.45) is 4.99 Å². The minimum absolute atomic E-state index is 0.752. The van der Waals surface area contributed by atoms with Crippen LogP contribution in [0.4, 0.5) is 5.13 Å². The van der Waals surface area contributed by atoms with Gasteiger partial charge in [0.15, 0.2) is 0 Å². The van der Waals surface area contributed by atoms with E-state index in [0.717, 1.165) is 26.7 Å². The van der Waals surface area contributed by atoms with E-state index in [1.807, 2.05) is 36.4 Å². The lowest BCUT2D eigenvalue weighted by molar-refractivity contribution is 0.414. The molecule has 23 heavy (non-hydrogen) atoms. The zero-order valence-electron chi connectivity index (χ0n) is 12.6. The van der Waals surface area contributed by atoms with E-state index in [9.17, 15) is 0 Å². The highest BCUT2D eigenvalue weighted by Crippen LogP contribution is 2.33. The second-order valence-electron chi connectivity index (χ2n) is 5.13. The average molecular weight is 318 g/mol. The number of aromatic nitrogens is 1. The Morgan fingerprint density at radius 2 is 1.83 bits per heavy atom. The van der Waals surface area contributed by atoms with Crippen LogP contribution in [0.2, 0.25) is 0 Å². The third-order valence-corrected chi connectivity index (χ3v) is 4.65. The van der Waals surface area contributed by atoms with Crippen molar-refractivity contribution in [1.82, 2.24) is 4.98 Å². The lowest BCUT2D eigenvalue weighted by atomic mass is 10.1. The van der Waals surface area contributed by atoms with Gasteiger partial charge in [0.2, 0.25) is 5.13 Å². The van der Waals surface area contributed by atoms with Gasteiger partial charge in [-0.25, -0.2) is 9.98 Å². The molecule has 0 saturated carbocycles. The monoisotopic (exact) mass is 318 g/mol. The van der Waals surface area contributed by atoms with Crippen LogP contribution < -0.4 is 4.74 Å². The van der Waals surface area contributed by atoms with Crippen molar-refractivity contribution in [2.75, 3.05) is 7.11 Å². The van der Waals surface area contributed by atoms with Crippen molar-refractivity contribution in [2.45, 2.75) is 0 Å². The summed E-state index contributed by atoms with van der Waals surface area (Å²) in [5.74, 6) is 0.808. The van der Waals surface area contributed by atoms with Gasteiger partial charge in [0, 0.05) is 17.2 Å². The lowest BCUT2D eigenvalue weighted by Gasteiger charge is -2.01. The third-order valence-electron chi connectivity index (χ3n) is 3.73. The number of hydrogen-bond donors (Lipinski definition) is 0. The normalized spacial score (nSPS) is 11.5. The standard InChI is InChI=1S/C19H14N2OS/c1-22-16-9-5-3-7-14(16)12-20-19-21-18-15-8-4-2-6-13(15)10-11-17(18)23-19/h2-12H,1H3/b20-12+. The first-order chi connectivity index (χ1) is 11.3. The van der Waals surface area contributed by atoms with Gasteiger partial charge in [-0.2, -0.15) is 0 Å². The van der Waals surface area contributed by atoms with E-state index >= 15 is 0 Å². The van der Waals surface area contributed by atoms with Gasteiger partial charge in [-0.1, -0.05) is 53.8 Å². The Labute approximate surface area is 137 Å². The zero-order chi connectivity index (χ0) is 15.6. The Balaban J connectivity index is 1.78. The molecular weight excluding hydrogens is 304 g/mol. The number of methoxy groups -OCH3 is 1. The number of aliphatic imine (C=N–C) groups is 1. The predicted molar refractivity (Wildman–Crippen MR) is 97.4 cm³/mol. The van der Waals surface area contributed by atoms with Crippen LogP contribution in [0.25, 0.3) is 21.0 Å². The highest BCUT2D eigenvalue weighted by Gasteiger charge is 2.06. The Kier molecular flexibility index (Phi) is 3.52. The smallest absolute Gasteiger partial charge is 0.210 e.